The predicted molar refractivity (Wildman–Crippen MR) is 122 cm³/mol. The standard InChI is InChI=1S/C25H30N4O3/c1-18-9-6-7-13-22(18)24-27-23(32-28-24)16-29-14-8-10-20(15-29)25(30)26-19(2)17-31-21-11-4-3-5-12-21/h3-7,9,11-13,19-20H,8,10,14-17H2,1-2H3,(H,26,30). The average molecular weight is 435 g/mol. The number of hydrogen-bond donors (Lipinski definition) is 1. The molecule has 1 N–H and O–H groups in total. The summed E-state index contributed by atoms with van der Waals surface area (Å²) in [6, 6.07) is 17.6. The molecule has 0 radical (unpaired) electrons. The first-order valence-corrected chi connectivity index (χ1v) is 11.2. The van der Waals surface area contributed by atoms with Crippen LogP contribution in [0, 0.1) is 12.8 Å². The third kappa shape index (κ3) is 5.73. The molecule has 4 rings (SSSR count). The van der Waals surface area contributed by atoms with Crippen molar-refractivity contribution in [1.82, 2.24) is 20.4 Å². The van der Waals surface area contributed by atoms with Crippen LogP contribution in [0.3, 0.4) is 0 Å². The van der Waals surface area contributed by atoms with Gasteiger partial charge in [0, 0.05) is 12.1 Å². The van der Waals surface area contributed by atoms with Crippen LogP contribution in [0.1, 0.15) is 31.2 Å². The van der Waals surface area contributed by atoms with Gasteiger partial charge in [0.1, 0.15) is 12.4 Å². The fourth-order valence-electron chi connectivity index (χ4n) is 4.00. The van der Waals surface area contributed by atoms with Crippen LogP contribution in [-0.2, 0) is 11.3 Å². The highest BCUT2D eigenvalue weighted by molar-refractivity contribution is 5.79. The number of carbonyl (C=O) groups excluding carboxylic acids is 1. The molecule has 7 nitrogen and oxygen atoms in total. The van der Waals surface area contributed by atoms with Gasteiger partial charge < -0.3 is 14.6 Å². The Morgan fingerprint density at radius 2 is 2.00 bits per heavy atom. The Balaban J connectivity index is 1.28. The van der Waals surface area contributed by atoms with E-state index in [0.29, 0.717) is 31.4 Å². The minimum atomic E-state index is -0.0642. The van der Waals surface area contributed by atoms with Crippen molar-refractivity contribution in [2.24, 2.45) is 5.92 Å². The number of ether oxygens (including phenoxy) is 1. The van der Waals surface area contributed by atoms with Crippen LogP contribution in [0.4, 0.5) is 0 Å². The van der Waals surface area contributed by atoms with Crippen molar-refractivity contribution in [3.8, 4) is 17.1 Å². The minimum absolute atomic E-state index is 0.0540. The number of para-hydroxylation sites is 1. The van der Waals surface area contributed by atoms with E-state index in [4.69, 9.17) is 9.26 Å². The predicted octanol–water partition coefficient (Wildman–Crippen LogP) is 3.84. The summed E-state index contributed by atoms with van der Waals surface area (Å²) >= 11 is 0. The number of nitrogens with zero attached hydrogens (tertiary/aromatic N) is 3. The van der Waals surface area contributed by atoms with Crippen molar-refractivity contribution >= 4 is 5.91 Å². The zero-order chi connectivity index (χ0) is 22.3. The highest BCUT2D eigenvalue weighted by atomic mass is 16.5. The van der Waals surface area contributed by atoms with Gasteiger partial charge in [-0.15, -0.1) is 0 Å². The summed E-state index contributed by atoms with van der Waals surface area (Å²) in [6.07, 6.45) is 1.85. The van der Waals surface area contributed by atoms with Gasteiger partial charge in [0.2, 0.25) is 17.6 Å². The first-order chi connectivity index (χ1) is 15.6. The van der Waals surface area contributed by atoms with Crippen molar-refractivity contribution in [2.45, 2.75) is 39.3 Å². The van der Waals surface area contributed by atoms with E-state index >= 15 is 0 Å². The van der Waals surface area contributed by atoms with E-state index in [-0.39, 0.29) is 17.9 Å². The van der Waals surface area contributed by atoms with E-state index < -0.39 is 0 Å². The van der Waals surface area contributed by atoms with Gasteiger partial charge >= 0.3 is 0 Å². The Hall–Kier alpha value is -3.19. The lowest BCUT2D eigenvalue weighted by Gasteiger charge is -2.31. The van der Waals surface area contributed by atoms with E-state index in [9.17, 15) is 4.79 Å². The summed E-state index contributed by atoms with van der Waals surface area (Å²) in [5.41, 5.74) is 2.09. The first kappa shape index (κ1) is 22.0. The molecule has 3 aromatic rings. The van der Waals surface area contributed by atoms with Gasteiger partial charge in [-0.1, -0.05) is 47.6 Å². The molecule has 1 aromatic heterocycles. The number of piperidine rings is 1. The van der Waals surface area contributed by atoms with Crippen LogP contribution >= 0.6 is 0 Å². The van der Waals surface area contributed by atoms with Gasteiger partial charge in [-0.05, 0) is 50.9 Å². The molecule has 2 atom stereocenters. The molecular weight excluding hydrogens is 404 g/mol. The van der Waals surface area contributed by atoms with Gasteiger partial charge in [0.15, 0.2) is 0 Å². The number of aryl methyl sites for hydroxylation is 1. The van der Waals surface area contributed by atoms with Gasteiger partial charge in [0.05, 0.1) is 18.5 Å². The summed E-state index contributed by atoms with van der Waals surface area (Å²) in [4.78, 5) is 19.6. The van der Waals surface area contributed by atoms with Gasteiger partial charge in [-0.25, -0.2) is 0 Å². The highest BCUT2D eigenvalue weighted by Gasteiger charge is 2.27. The Bertz CT molecular complexity index is 1020. The Labute approximate surface area is 188 Å². The summed E-state index contributed by atoms with van der Waals surface area (Å²) in [7, 11) is 0. The highest BCUT2D eigenvalue weighted by Crippen LogP contribution is 2.22. The van der Waals surface area contributed by atoms with Gasteiger partial charge in [-0.3, -0.25) is 9.69 Å². The maximum Gasteiger partial charge on any atom is 0.241 e. The minimum Gasteiger partial charge on any atom is -0.491 e. The molecule has 1 amide bonds. The lowest BCUT2D eigenvalue weighted by molar-refractivity contribution is -0.127. The molecule has 2 heterocycles. The zero-order valence-electron chi connectivity index (χ0n) is 18.7. The fraction of sp³-hybridized carbons (Fsp3) is 0.400. The van der Waals surface area contributed by atoms with E-state index in [2.05, 4.69) is 20.4 Å². The van der Waals surface area contributed by atoms with Crippen LogP contribution in [0.15, 0.2) is 59.1 Å². The SMILES string of the molecule is Cc1ccccc1-c1noc(CN2CCCC(C(=O)NC(C)COc3ccccc3)C2)n1. The summed E-state index contributed by atoms with van der Waals surface area (Å²) in [6.45, 7) is 6.59. The second kappa shape index (κ2) is 10.4. The van der Waals surface area contributed by atoms with Crippen molar-refractivity contribution in [3.05, 3.63) is 66.1 Å². The number of benzene rings is 2. The molecule has 2 unspecified atom stereocenters. The van der Waals surface area contributed by atoms with Crippen molar-refractivity contribution < 1.29 is 14.1 Å². The molecular formula is C25H30N4O3. The molecule has 2 aromatic carbocycles. The zero-order valence-corrected chi connectivity index (χ0v) is 18.7. The molecule has 0 bridgehead atoms. The third-order valence-electron chi connectivity index (χ3n) is 5.72. The normalized spacial score (nSPS) is 17.6. The first-order valence-electron chi connectivity index (χ1n) is 11.2. The van der Waals surface area contributed by atoms with Crippen LogP contribution < -0.4 is 10.1 Å². The number of carbonyl (C=O) groups is 1. The fourth-order valence-corrected chi connectivity index (χ4v) is 4.00. The lowest BCUT2D eigenvalue weighted by atomic mass is 9.97. The lowest BCUT2D eigenvalue weighted by Crippen LogP contribution is -2.46. The summed E-state index contributed by atoms with van der Waals surface area (Å²) in [5.74, 6) is 2.01. The van der Waals surface area contributed by atoms with E-state index in [1.54, 1.807) is 0 Å². The number of aromatic nitrogens is 2. The molecule has 1 fully saturated rings. The molecule has 32 heavy (non-hydrogen) atoms. The molecule has 168 valence electrons. The molecule has 0 spiro atoms. The average Bonchev–Trinajstić information content (AvgIpc) is 3.27. The number of nitrogens with one attached hydrogen (secondary N) is 1. The number of rotatable bonds is 8. The van der Waals surface area contributed by atoms with Crippen LogP contribution in [0.2, 0.25) is 0 Å². The Morgan fingerprint density at radius 3 is 2.81 bits per heavy atom. The maximum atomic E-state index is 12.8. The van der Waals surface area contributed by atoms with Gasteiger partial charge in [-0.2, -0.15) is 4.98 Å². The topological polar surface area (TPSA) is 80.5 Å². The molecule has 7 heteroatoms. The van der Waals surface area contributed by atoms with E-state index in [1.165, 1.54) is 0 Å². The molecule has 1 saturated heterocycles. The maximum absolute atomic E-state index is 12.8. The summed E-state index contributed by atoms with van der Waals surface area (Å²) < 4.78 is 11.2. The monoisotopic (exact) mass is 434 g/mol. The third-order valence-corrected chi connectivity index (χ3v) is 5.72. The van der Waals surface area contributed by atoms with Crippen molar-refractivity contribution in [1.29, 1.82) is 0 Å². The quantitative estimate of drug-likeness (QED) is 0.580. The van der Waals surface area contributed by atoms with Crippen molar-refractivity contribution in [3.63, 3.8) is 0 Å². The van der Waals surface area contributed by atoms with Crippen LogP contribution in [-0.4, -0.2) is 46.7 Å². The Morgan fingerprint density at radius 1 is 1.22 bits per heavy atom. The summed E-state index contributed by atoms with van der Waals surface area (Å²) in [5, 5.41) is 7.24. The van der Waals surface area contributed by atoms with E-state index in [0.717, 1.165) is 36.3 Å². The number of likely N-dealkylation sites (tertiary alicyclic amines) is 1. The largest absolute Gasteiger partial charge is 0.491 e. The van der Waals surface area contributed by atoms with Crippen LogP contribution in [0.25, 0.3) is 11.4 Å². The van der Waals surface area contributed by atoms with E-state index in [1.807, 2.05) is 68.4 Å². The van der Waals surface area contributed by atoms with Gasteiger partial charge in [0.25, 0.3) is 0 Å². The molecule has 1 aliphatic heterocycles. The molecule has 0 aliphatic carbocycles. The number of amides is 1. The Kier molecular flexibility index (Phi) is 7.17. The number of hydrogen-bond acceptors (Lipinski definition) is 6. The van der Waals surface area contributed by atoms with Crippen LogP contribution in [0.5, 0.6) is 5.75 Å². The second-order valence-corrected chi connectivity index (χ2v) is 8.43. The van der Waals surface area contributed by atoms with Crippen molar-refractivity contribution in [2.75, 3.05) is 19.7 Å². The second-order valence-electron chi connectivity index (χ2n) is 8.43. The molecule has 0 saturated carbocycles. The smallest absolute Gasteiger partial charge is 0.241 e. The molecule has 1 aliphatic rings.